The molecule has 0 aliphatic carbocycles. The van der Waals surface area contributed by atoms with Crippen molar-refractivity contribution in [1.29, 1.82) is 0 Å². The van der Waals surface area contributed by atoms with Crippen LogP contribution < -0.4 is 20.1 Å². The van der Waals surface area contributed by atoms with Gasteiger partial charge in [0.25, 0.3) is 0 Å². The number of fused-ring (bicyclic) bond motifs is 2. The van der Waals surface area contributed by atoms with E-state index in [9.17, 15) is 9.90 Å². The van der Waals surface area contributed by atoms with Crippen molar-refractivity contribution in [3.05, 3.63) is 121 Å². The molecule has 6 rings (SSSR count). The van der Waals surface area contributed by atoms with Gasteiger partial charge >= 0.3 is 0 Å². The molecule has 1 radical (unpaired) electrons. The van der Waals surface area contributed by atoms with Crippen LogP contribution >= 0.6 is 11.3 Å². The number of allylic oxidation sites excluding steroid dienone is 2. The van der Waals surface area contributed by atoms with Crippen LogP contribution in [-0.4, -0.2) is 37.0 Å². The van der Waals surface area contributed by atoms with E-state index in [1.807, 2.05) is 11.3 Å². The number of rotatable bonds is 12. The number of nitrogens with zero attached hydrogens (tertiary/aromatic N) is 2. The van der Waals surface area contributed by atoms with Gasteiger partial charge in [-0.1, -0.05) is 171 Å². The summed E-state index contributed by atoms with van der Waals surface area (Å²) < 4.78 is 2.61. The van der Waals surface area contributed by atoms with E-state index in [1.165, 1.54) is 41.8 Å². The fourth-order valence-corrected chi connectivity index (χ4v) is 16.8. The monoisotopic (exact) mass is 1000 g/mol. The Balaban J connectivity index is 0.000000319. The van der Waals surface area contributed by atoms with Gasteiger partial charge < -0.3 is 5.11 Å². The molecule has 2 aromatic heterocycles. The van der Waals surface area contributed by atoms with E-state index < -0.39 is 16.1 Å². The zero-order valence-electron chi connectivity index (χ0n) is 36.8. The van der Waals surface area contributed by atoms with Crippen LogP contribution in [0.1, 0.15) is 61.0 Å². The first-order valence-corrected chi connectivity index (χ1v) is 27.4. The number of aryl methyl sites for hydroxylation is 1. The first-order valence-electron chi connectivity index (χ1n) is 20.6. The van der Waals surface area contributed by atoms with Crippen molar-refractivity contribution in [2.45, 2.75) is 88.5 Å². The summed E-state index contributed by atoms with van der Waals surface area (Å²) in [6, 6.07) is 36.8. The molecule has 0 aliphatic heterocycles. The molecule has 8 heteroatoms. The minimum atomic E-state index is -2.27. The molecule has 0 saturated carbocycles. The first kappa shape index (κ1) is 47.2. The van der Waals surface area contributed by atoms with Crippen molar-refractivity contribution in [1.82, 2.24) is 9.97 Å². The van der Waals surface area contributed by atoms with Crippen LogP contribution in [0.25, 0.3) is 32.2 Å². The smallest absolute Gasteiger partial charge is 0.162 e. The molecule has 4 nitrogen and oxygen atoms in total. The maximum atomic E-state index is 12.3. The number of aliphatic hydroxyl groups is 1. The number of hydrogen-bond donors (Lipinski definition) is 1. The van der Waals surface area contributed by atoms with Crippen LogP contribution in [0, 0.1) is 48.5 Å². The van der Waals surface area contributed by atoms with Crippen LogP contribution in [0.15, 0.2) is 109 Å². The molecule has 0 saturated heterocycles. The topological polar surface area (TPSA) is 63.1 Å². The van der Waals surface area contributed by atoms with E-state index >= 15 is 0 Å². The second kappa shape index (κ2) is 19.7. The van der Waals surface area contributed by atoms with Crippen LogP contribution in [0.3, 0.4) is 0 Å². The van der Waals surface area contributed by atoms with Gasteiger partial charge in [-0.25, -0.2) is 4.98 Å². The number of aliphatic hydroxyl groups excluding tert-OH is 1. The molecule has 309 valence electrons. The third-order valence-electron chi connectivity index (χ3n) is 11.5. The maximum absolute atomic E-state index is 12.3. The number of hydrogen-bond acceptors (Lipinski definition) is 5. The van der Waals surface area contributed by atoms with E-state index in [0.717, 1.165) is 22.2 Å². The summed E-state index contributed by atoms with van der Waals surface area (Å²) >= 11 is 1.89. The van der Waals surface area contributed by atoms with Crippen LogP contribution in [0.2, 0.25) is 26.2 Å². The molecular weight excluding hydrogens is 941 g/mol. The van der Waals surface area contributed by atoms with Crippen molar-refractivity contribution in [3.63, 3.8) is 0 Å². The Morgan fingerprint density at radius 1 is 0.724 bits per heavy atom. The van der Waals surface area contributed by atoms with E-state index in [2.05, 4.69) is 186 Å². The Morgan fingerprint density at radius 3 is 1.72 bits per heavy atom. The predicted molar refractivity (Wildman–Crippen MR) is 252 cm³/mol. The number of carbonyl (C=O) groups is 1. The standard InChI is InChI=1S/C33H31N2SSi2.C17H32O2.Ir/c1-23-30-32(36-33(23)38(5,26-15-8-6-9-16-26)27-17-10-7-11-18-27)31(35-22-34-30)25-20-24-14-12-13-19-28(24)29(21-25)37(2,3)4;1-10(2)16(11(3)4)14(18)9-15(19)17(12(5)6)13(7)8;/h6-19,21-22H,1-5H3;9-13,16-18H,1-8H3;/q-1;;/b;14-9-;. The number of aromatic nitrogens is 2. The summed E-state index contributed by atoms with van der Waals surface area (Å²) in [6.45, 7) is 28.6. The zero-order chi connectivity index (χ0) is 41.8. The molecule has 0 atom stereocenters. The third-order valence-corrected chi connectivity index (χ3v) is 20.5. The normalized spacial score (nSPS) is 12.6. The molecule has 0 fully saturated rings. The average molecular weight is 1000 g/mol. The molecule has 0 bridgehead atoms. The Kier molecular flexibility index (Phi) is 16.0. The number of benzene rings is 4. The van der Waals surface area contributed by atoms with Crippen molar-refractivity contribution in [3.8, 4) is 11.3 Å². The Hall–Kier alpha value is -3.53. The molecule has 6 aromatic rings. The average Bonchev–Trinajstić information content (AvgIpc) is 3.50. The first-order chi connectivity index (χ1) is 26.9. The molecule has 0 spiro atoms. The van der Waals surface area contributed by atoms with Gasteiger partial charge in [-0.05, 0) is 46.5 Å². The van der Waals surface area contributed by atoms with E-state index in [4.69, 9.17) is 9.97 Å². The summed E-state index contributed by atoms with van der Waals surface area (Å²) in [5.41, 5.74) is 4.42. The van der Waals surface area contributed by atoms with Crippen LogP contribution in [0.5, 0.6) is 0 Å². The summed E-state index contributed by atoms with van der Waals surface area (Å²) in [4.78, 5) is 22.1. The quantitative estimate of drug-likeness (QED) is 0.0574. The maximum Gasteiger partial charge on any atom is 0.162 e. The Morgan fingerprint density at radius 2 is 1.22 bits per heavy atom. The summed E-state index contributed by atoms with van der Waals surface area (Å²) in [6.07, 6.45) is 3.22. The molecule has 1 N–H and O–H groups in total. The SMILES string of the molecule is CC(C)C(C(=O)/C=C(\O)C(C(C)C)C(C)C)C(C)C.Cc1c([Si](C)(c2ccccc2)c2ccccc2)sc2c(-c3[c-]c4ccccc4c([Si](C)(C)C)c3)ncnc12.[Ir]. The van der Waals surface area contributed by atoms with E-state index in [0.29, 0.717) is 23.7 Å². The number of thiophene rings is 1. The second-order valence-corrected chi connectivity index (χ2v) is 28.5. The molecular formula is C50H63IrN2O2SSi2-. The largest absolute Gasteiger partial charge is 0.512 e. The molecule has 0 aliphatic rings. The fourth-order valence-electron chi connectivity index (χ4n) is 8.86. The summed E-state index contributed by atoms with van der Waals surface area (Å²) in [7, 11) is -3.87. The summed E-state index contributed by atoms with van der Waals surface area (Å²) in [5.74, 6) is 1.63. The molecule has 2 heterocycles. The molecule has 4 aromatic carbocycles. The van der Waals surface area contributed by atoms with Crippen molar-refractivity contribution in [2.75, 3.05) is 0 Å². The van der Waals surface area contributed by atoms with Crippen LogP contribution in [-0.2, 0) is 24.9 Å². The van der Waals surface area contributed by atoms with Gasteiger partial charge in [-0.15, -0.1) is 40.1 Å². The zero-order valence-corrected chi connectivity index (χ0v) is 42.0. The van der Waals surface area contributed by atoms with Crippen molar-refractivity contribution < 1.29 is 30.0 Å². The van der Waals surface area contributed by atoms with Crippen LogP contribution in [0.4, 0.5) is 0 Å². The van der Waals surface area contributed by atoms with Gasteiger partial charge in [0.1, 0.15) is 6.33 Å². The van der Waals surface area contributed by atoms with Gasteiger partial charge in [0.15, 0.2) is 13.9 Å². The predicted octanol–water partition coefficient (Wildman–Crippen LogP) is 11.1. The molecule has 58 heavy (non-hydrogen) atoms. The van der Waals surface area contributed by atoms with E-state index in [-0.39, 0.29) is 43.5 Å². The van der Waals surface area contributed by atoms with Crippen molar-refractivity contribution >= 4 is 74.3 Å². The van der Waals surface area contributed by atoms with Gasteiger partial charge in [0.2, 0.25) is 0 Å². The van der Waals surface area contributed by atoms with E-state index in [1.54, 1.807) is 6.33 Å². The summed E-state index contributed by atoms with van der Waals surface area (Å²) in [5, 5.41) is 17.0. The Bertz CT molecular complexity index is 2270. The molecule has 0 amide bonds. The van der Waals surface area contributed by atoms with Crippen molar-refractivity contribution in [2.24, 2.45) is 35.5 Å². The fraction of sp³-hybridized carbons (Fsp3) is 0.380. The minimum Gasteiger partial charge on any atom is -0.512 e. The molecule has 0 unspecified atom stereocenters. The van der Waals surface area contributed by atoms with Gasteiger partial charge in [0, 0.05) is 52.9 Å². The Labute approximate surface area is 368 Å². The second-order valence-electron chi connectivity index (χ2n) is 18.2. The third kappa shape index (κ3) is 10.1. The minimum absolute atomic E-state index is 0. The number of carbonyl (C=O) groups excluding carboxylic acids is 1. The van der Waals surface area contributed by atoms with Gasteiger partial charge in [0.05, 0.1) is 19.3 Å². The van der Waals surface area contributed by atoms with Gasteiger partial charge in [-0.2, -0.15) is 0 Å². The number of ketones is 1. The van der Waals surface area contributed by atoms with Gasteiger partial charge in [-0.3, -0.25) is 9.78 Å².